The number of aromatic amines is 1. The standard InChI is InChI=1S/C23H22F3N7O3/c1-31-7-9-32(10-8-31)23-30-16(20(25)26)19(36-23)22(34)33-6-5-13-15(28-11-27-13)17(33)21-29-14-4-2-3-12(24)18(14)35-21/h2-4,11,17,20H,5-10H2,1H3,(H,27,28)/t17-/m0/s1. The summed E-state index contributed by atoms with van der Waals surface area (Å²) in [4.78, 5) is 34.6. The van der Waals surface area contributed by atoms with Crippen LogP contribution in [0, 0.1) is 5.82 Å². The molecule has 1 atom stereocenters. The number of hydrogen-bond acceptors (Lipinski definition) is 8. The summed E-state index contributed by atoms with van der Waals surface area (Å²) < 4.78 is 53.7. The Hall–Kier alpha value is -3.87. The van der Waals surface area contributed by atoms with Gasteiger partial charge in [0.15, 0.2) is 23.1 Å². The molecule has 1 fully saturated rings. The summed E-state index contributed by atoms with van der Waals surface area (Å²) in [6.45, 7) is 2.63. The lowest BCUT2D eigenvalue weighted by Gasteiger charge is -2.32. The van der Waals surface area contributed by atoms with Crippen LogP contribution in [0.25, 0.3) is 11.1 Å². The molecule has 3 aromatic heterocycles. The van der Waals surface area contributed by atoms with E-state index in [1.807, 2.05) is 7.05 Å². The zero-order valence-electron chi connectivity index (χ0n) is 19.2. The largest absolute Gasteiger partial charge is 0.435 e. The fraction of sp³-hybridized carbons (Fsp3) is 0.391. The lowest BCUT2D eigenvalue weighted by Crippen LogP contribution is -2.44. The van der Waals surface area contributed by atoms with Gasteiger partial charge in [0, 0.05) is 44.8 Å². The fourth-order valence-electron chi connectivity index (χ4n) is 4.68. The van der Waals surface area contributed by atoms with Gasteiger partial charge in [0.2, 0.25) is 11.7 Å². The summed E-state index contributed by atoms with van der Waals surface area (Å²) >= 11 is 0. The number of benzene rings is 1. The first-order valence-electron chi connectivity index (χ1n) is 11.5. The molecule has 0 bridgehead atoms. The Bertz CT molecular complexity index is 1420. The van der Waals surface area contributed by atoms with Gasteiger partial charge in [-0.05, 0) is 19.2 Å². The van der Waals surface area contributed by atoms with Crippen LogP contribution < -0.4 is 4.90 Å². The van der Waals surface area contributed by atoms with Gasteiger partial charge in [0.05, 0.1) is 12.0 Å². The number of para-hydroxylation sites is 1. The Morgan fingerprint density at radius 3 is 2.69 bits per heavy atom. The van der Waals surface area contributed by atoms with Crippen molar-refractivity contribution >= 4 is 23.0 Å². The molecule has 2 aliphatic rings. The fourth-order valence-corrected chi connectivity index (χ4v) is 4.68. The molecule has 0 unspecified atom stereocenters. The molecule has 6 rings (SSSR count). The molecule has 1 saturated heterocycles. The zero-order chi connectivity index (χ0) is 25.0. The molecule has 36 heavy (non-hydrogen) atoms. The topological polar surface area (TPSA) is 108 Å². The van der Waals surface area contributed by atoms with Crippen LogP contribution in [0.1, 0.15) is 46.0 Å². The van der Waals surface area contributed by atoms with Gasteiger partial charge >= 0.3 is 0 Å². The number of hydrogen-bond donors (Lipinski definition) is 1. The average molecular weight is 501 g/mol. The quantitative estimate of drug-likeness (QED) is 0.455. The van der Waals surface area contributed by atoms with Crippen molar-refractivity contribution in [2.24, 2.45) is 0 Å². The highest BCUT2D eigenvalue weighted by Crippen LogP contribution is 2.37. The Morgan fingerprint density at radius 1 is 1.14 bits per heavy atom. The molecule has 5 heterocycles. The summed E-state index contributed by atoms with van der Waals surface area (Å²) in [6.07, 6.45) is -1.15. The van der Waals surface area contributed by atoms with Gasteiger partial charge in [-0.2, -0.15) is 4.98 Å². The molecule has 0 radical (unpaired) electrons. The number of nitrogens with zero attached hydrogens (tertiary/aromatic N) is 6. The maximum atomic E-state index is 14.3. The second-order valence-corrected chi connectivity index (χ2v) is 8.86. The highest BCUT2D eigenvalue weighted by atomic mass is 19.3. The highest BCUT2D eigenvalue weighted by molar-refractivity contribution is 5.93. The first-order valence-corrected chi connectivity index (χ1v) is 11.5. The van der Waals surface area contributed by atoms with Crippen LogP contribution in [0.2, 0.25) is 0 Å². The first kappa shape index (κ1) is 22.6. The summed E-state index contributed by atoms with van der Waals surface area (Å²) in [5.74, 6) is -1.91. The van der Waals surface area contributed by atoms with Gasteiger partial charge in [-0.1, -0.05) is 6.07 Å². The van der Waals surface area contributed by atoms with E-state index in [9.17, 15) is 18.0 Å². The van der Waals surface area contributed by atoms with Crippen molar-refractivity contribution in [3.63, 3.8) is 0 Å². The second kappa shape index (κ2) is 8.66. The number of rotatable bonds is 4. The maximum absolute atomic E-state index is 14.3. The van der Waals surface area contributed by atoms with Crippen molar-refractivity contribution in [2.75, 3.05) is 44.7 Å². The summed E-state index contributed by atoms with van der Waals surface area (Å²) in [7, 11) is 1.96. The summed E-state index contributed by atoms with van der Waals surface area (Å²) in [6, 6.07) is 3.34. The third-order valence-electron chi connectivity index (χ3n) is 6.62. The minimum Gasteiger partial charge on any atom is -0.435 e. The third-order valence-corrected chi connectivity index (χ3v) is 6.62. The molecule has 0 spiro atoms. The van der Waals surface area contributed by atoms with Crippen LogP contribution in [0.4, 0.5) is 19.2 Å². The number of anilines is 1. The molecule has 4 aromatic rings. The molecule has 1 amide bonds. The SMILES string of the molecule is CN1CCN(c2nc(C(F)F)c(C(=O)N3CCc4[nH]cnc4[C@H]3c3nc4cccc(F)c4o3)o2)CC1. The number of imidazole rings is 1. The molecular weight excluding hydrogens is 479 g/mol. The molecule has 1 N–H and O–H groups in total. The van der Waals surface area contributed by atoms with E-state index in [-0.39, 0.29) is 29.5 Å². The van der Waals surface area contributed by atoms with E-state index in [1.165, 1.54) is 23.4 Å². The minimum absolute atomic E-state index is 0.0142. The monoisotopic (exact) mass is 501 g/mol. The van der Waals surface area contributed by atoms with Crippen LogP contribution in [0.3, 0.4) is 0 Å². The molecule has 0 saturated carbocycles. The first-order chi connectivity index (χ1) is 17.4. The predicted octanol–water partition coefficient (Wildman–Crippen LogP) is 3.16. The van der Waals surface area contributed by atoms with E-state index < -0.39 is 35.6 Å². The number of carbonyl (C=O) groups excluding carboxylic acids is 1. The van der Waals surface area contributed by atoms with Crippen molar-refractivity contribution in [1.82, 2.24) is 29.7 Å². The summed E-state index contributed by atoms with van der Waals surface area (Å²) in [5, 5.41) is 0. The number of nitrogens with one attached hydrogen (secondary N) is 1. The van der Waals surface area contributed by atoms with Crippen LogP contribution in [0.15, 0.2) is 33.4 Å². The van der Waals surface area contributed by atoms with Gasteiger partial charge < -0.3 is 28.5 Å². The molecule has 10 nitrogen and oxygen atoms in total. The van der Waals surface area contributed by atoms with E-state index in [4.69, 9.17) is 8.83 Å². The van der Waals surface area contributed by atoms with E-state index in [2.05, 4.69) is 24.8 Å². The second-order valence-electron chi connectivity index (χ2n) is 8.86. The van der Waals surface area contributed by atoms with Crippen LogP contribution in [-0.2, 0) is 6.42 Å². The smallest absolute Gasteiger partial charge is 0.298 e. The number of alkyl halides is 2. The van der Waals surface area contributed by atoms with Crippen molar-refractivity contribution in [1.29, 1.82) is 0 Å². The Morgan fingerprint density at radius 2 is 1.94 bits per heavy atom. The molecule has 0 aliphatic carbocycles. The van der Waals surface area contributed by atoms with Gasteiger partial charge in [0.1, 0.15) is 5.52 Å². The van der Waals surface area contributed by atoms with Crippen molar-refractivity contribution < 1.29 is 26.8 Å². The van der Waals surface area contributed by atoms with Gasteiger partial charge in [-0.3, -0.25) is 4.79 Å². The summed E-state index contributed by atoms with van der Waals surface area (Å²) in [5.41, 5.74) is 0.679. The number of oxazole rings is 2. The van der Waals surface area contributed by atoms with Crippen molar-refractivity contribution in [3.05, 3.63) is 59.1 Å². The van der Waals surface area contributed by atoms with Crippen molar-refractivity contribution in [2.45, 2.75) is 18.9 Å². The predicted molar refractivity (Wildman–Crippen MR) is 120 cm³/mol. The number of amides is 1. The molecule has 188 valence electrons. The maximum Gasteiger partial charge on any atom is 0.298 e. The van der Waals surface area contributed by atoms with E-state index in [0.717, 1.165) is 5.69 Å². The Kier molecular flexibility index (Phi) is 5.43. The number of carbonyl (C=O) groups is 1. The third kappa shape index (κ3) is 3.70. The number of aromatic nitrogens is 4. The molecule has 1 aromatic carbocycles. The lowest BCUT2D eigenvalue weighted by molar-refractivity contribution is 0.0620. The normalized spacial score (nSPS) is 18.9. The molecule has 2 aliphatic heterocycles. The minimum atomic E-state index is -3.02. The van der Waals surface area contributed by atoms with Gasteiger partial charge in [0.25, 0.3) is 18.3 Å². The van der Waals surface area contributed by atoms with Crippen LogP contribution in [-0.4, -0.2) is 75.4 Å². The lowest BCUT2D eigenvalue weighted by atomic mass is 10.0. The van der Waals surface area contributed by atoms with Crippen LogP contribution in [0.5, 0.6) is 0 Å². The van der Waals surface area contributed by atoms with E-state index in [1.54, 1.807) is 11.0 Å². The Labute approximate surface area is 202 Å². The number of piperazine rings is 1. The van der Waals surface area contributed by atoms with Crippen molar-refractivity contribution in [3.8, 4) is 0 Å². The van der Waals surface area contributed by atoms with Gasteiger partial charge in [-0.15, -0.1) is 0 Å². The van der Waals surface area contributed by atoms with Gasteiger partial charge in [-0.25, -0.2) is 23.1 Å². The van der Waals surface area contributed by atoms with E-state index >= 15 is 0 Å². The number of H-pyrrole nitrogens is 1. The van der Waals surface area contributed by atoms with E-state index in [0.29, 0.717) is 38.3 Å². The number of halogens is 3. The highest BCUT2D eigenvalue weighted by Gasteiger charge is 2.41. The number of fused-ring (bicyclic) bond motifs is 2. The van der Waals surface area contributed by atoms with Crippen LogP contribution >= 0.6 is 0 Å². The number of likely N-dealkylation sites (N-methyl/N-ethyl adjacent to an activating group) is 1. The average Bonchev–Trinajstić information content (AvgIpc) is 3.61. The zero-order valence-corrected chi connectivity index (χ0v) is 19.2. The molecular formula is C23H22F3N7O3. The molecule has 13 heteroatoms. The Balaban J connectivity index is 1.40.